The van der Waals surface area contributed by atoms with Gasteiger partial charge in [0.2, 0.25) is 0 Å². The lowest BCUT2D eigenvalue weighted by Crippen LogP contribution is -1.97. The summed E-state index contributed by atoms with van der Waals surface area (Å²) in [6, 6.07) is 5.63. The molecule has 3 rings (SSSR count). The van der Waals surface area contributed by atoms with Crippen LogP contribution in [-0.4, -0.2) is 9.97 Å². The van der Waals surface area contributed by atoms with E-state index in [9.17, 15) is 0 Å². The number of hydrogen-bond acceptors (Lipinski definition) is 2. The molecule has 0 aliphatic heterocycles. The molecule has 1 aliphatic rings. The first-order valence-electron chi connectivity index (χ1n) is 5.66. The van der Waals surface area contributed by atoms with E-state index in [1.807, 2.05) is 18.2 Å². The van der Waals surface area contributed by atoms with Gasteiger partial charge in [-0.3, -0.25) is 0 Å². The number of hydrogen-bond donors (Lipinski definition) is 0. The molecule has 2 nitrogen and oxygen atoms in total. The van der Waals surface area contributed by atoms with Crippen molar-refractivity contribution < 1.29 is 0 Å². The van der Waals surface area contributed by atoms with Crippen LogP contribution >= 0.6 is 39.1 Å². The molecule has 0 fully saturated rings. The van der Waals surface area contributed by atoms with Crippen LogP contribution in [0.15, 0.2) is 22.7 Å². The molecule has 0 atom stereocenters. The molecule has 1 heterocycles. The maximum Gasteiger partial charge on any atom is 0.162 e. The van der Waals surface area contributed by atoms with Crippen molar-refractivity contribution in [3.05, 3.63) is 44.1 Å². The van der Waals surface area contributed by atoms with Crippen molar-refractivity contribution >= 4 is 39.1 Å². The SMILES string of the molecule is Clc1ccc(Br)cc1-c1nc(Cl)c2c(n1)CCC2. The fraction of sp³-hybridized carbons (Fsp3) is 0.231. The van der Waals surface area contributed by atoms with Crippen molar-refractivity contribution in [1.29, 1.82) is 0 Å². The number of aryl methyl sites for hydroxylation is 1. The molecule has 18 heavy (non-hydrogen) atoms. The van der Waals surface area contributed by atoms with Crippen LogP contribution in [-0.2, 0) is 12.8 Å². The molecule has 0 radical (unpaired) electrons. The number of halogens is 3. The van der Waals surface area contributed by atoms with Gasteiger partial charge in [-0.15, -0.1) is 0 Å². The first-order valence-corrected chi connectivity index (χ1v) is 7.21. The summed E-state index contributed by atoms with van der Waals surface area (Å²) in [5, 5.41) is 1.19. The number of fused-ring (bicyclic) bond motifs is 1. The van der Waals surface area contributed by atoms with E-state index in [1.54, 1.807) is 0 Å². The maximum absolute atomic E-state index is 6.21. The molecule has 1 aliphatic carbocycles. The van der Waals surface area contributed by atoms with Crippen LogP contribution in [0.1, 0.15) is 17.7 Å². The van der Waals surface area contributed by atoms with Crippen molar-refractivity contribution in [2.45, 2.75) is 19.3 Å². The van der Waals surface area contributed by atoms with Crippen LogP contribution in [0.25, 0.3) is 11.4 Å². The van der Waals surface area contributed by atoms with Gasteiger partial charge in [-0.1, -0.05) is 39.1 Å². The van der Waals surface area contributed by atoms with Crippen LogP contribution in [0, 0.1) is 0 Å². The minimum atomic E-state index is 0.559. The lowest BCUT2D eigenvalue weighted by atomic mass is 10.2. The van der Waals surface area contributed by atoms with Gasteiger partial charge in [0.1, 0.15) is 5.15 Å². The lowest BCUT2D eigenvalue weighted by Gasteiger charge is -2.07. The van der Waals surface area contributed by atoms with Crippen molar-refractivity contribution in [3.8, 4) is 11.4 Å². The number of aromatic nitrogens is 2. The summed E-state index contributed by atoms with van der Waals surface area (Å²) in [7, 11) is 0. The third-order valence-corrected chi connectivity index (χ3v) is 4.19. The first kappa shape index (κ1) is 12.4. The predicted octanol–water partition coefficient (Wildman–Crippen LogP) is 4.70. The summed E-state index contributed by atoms with van der Waals surface area (Å²) >= 11 is 15.8. The highest BCUT2D eigenvalue weighted by Crippen LogP contribution is 2.32. The first-order chi connectivity index (χ1) is 8.65. The van der Waals surface area contributed by atoms with Gasteiger partial charge in [0, 0.05) is 21.3 Å². The molecule has 0 bridgehead atoms. The second kappa shape index (κ2) is 4.80. The number of rotatable bonds is 1. The summed E-state index contributed by atoms with van der Waals surface area (Å²) in [5.41, 5.74) is 2.95. The van der Waals surface area contributed by atoms with E-state index >= 15 is 0 Å². The van der Waals surface area contributed by atoms with Crippen LogP contribution in [0.5, 0.6) is 0 Å². The molecule has 0 saturated carbocycles. The zero-order valence-corrected chi connectivity index (χ0v) is 12.5. The van der Waals surface area contributed by atoms with Crippen molar-refractivity contribution in [1.82, 2.24) is 9.97 Å². The maximum atomic E-state index is 6.21. The fourth-order valence-electron chi connectivity index (χ4n) is 2.18. The second-order valence-electron chi connectivity index (χ2n) is 4.24. The lowest BCUT2D eigenvalue weighted by molar-refractivity contribution is 0.900. The van der Waals surface area contributed by atoms with E-state index in [1.165, 1.54) is 0 Å². The van der Waals surface area contributed by atoms with E-state index in [4.69, 9.17) is 23.2 Å². The Morgan fingerprint density at radius 1 is 1.11 bits per heavy atom. The average molecular weight is 344 g/mol. The van der Waals surface area contributed by atoms with E-state index in [2.05, 4.69) is 25.9 Å². The highest BCUT2D eigenvalue weighted by molar-refractivity contribution is 9.10. The molecule has 92 valence electrons. The Kier molecular flexibility index (Phi) is 3.31. The van der Waals surface area contributed by atoms with Gasteiger partial charge >= 0.3 is 0 Å². The highest BCUT2D eigenvalue weighted by atomic mass is 79.9. The molecule has 1 aromatic heterocycles. The molecular weight excluding hydrogens is 335 g/mol. The third-order valence-electron chi connectivity index (χ3n) is 3.05. The smallest absolute Gasteiger partial charge is 0.162 e. The predicted molar refractivity (Wildman–Crippen MR) is 77.2 cm³/mol. The summed E-state index contributed by atoms with van der Waals surface area (Å²) in [5.74, 6) is 0.604. The van der Waals surface area contributed by atoms with Gasteiger partial charge in [0.05, 0.1) is 5.02 Å². The summed E-state index contributed by atoms with van der Waals surface area (Å²) in [4.78, 5) is 8.95. The van der Waals surface area contributed by atoms with E-state index < -0.39 is 0 Å². The largest absolute Gasteiger partial charge is 0.233 e. The van der Waals surface area contributed by atoms with Crippen molar-refractivity contribution in [2.24, 2.45) is 0 Å². The average Bonchev–Trinajstić information content (AvgIpc) is 2.81. The van der Waals surface area contributed by atoms with Crippen molar-refractivity contribution in [2.75, 3.05) is 0 Å². The molecule has 2 aromatic rings. The van der Waals surface area contributed by atoms with Crippen LogP contribution in [0.4, 0.5) is 0 Å². The van der Waals surface area contributed by atoms with E-state index in [-0.39, 0.29) is 0 Å². The Morgan fingerprint density at radius 2 is 1.94 bits per heavy atom. The van der Waals surface area contributed by atoms with E-state index in [0.29, 0.717) is 16.0 Å². The standard InChI is InChI=1S/C13H9BrCl2N2/c14-7-4-5-10(15)9(6-7)13-17-11-3-1-2-8(11)12(16)18-13/h4-6H,1-3H2. The Hall–Kier alpha value is -0.640. The molecule has 0 saturated heterocycles. The second-order valence-corrected chi connectivity index (χ2v) is 5.92. The van der Waals surface area contributed by atoms with Crippen LogP contribution in [0.2, 0.25) is 10.2 Å². The molecular formula is C13H9BrCl2N2. The van der Waals surface area contributed by atoms with Crippen molar-refractivity contribution in [3.63, 3.8) is 0 Å². The monoisotopic (exact) mass is 342 g/mol. The van der Waals surface area contributed by atoms with Gasteiger partial charge in [0.15, 0.2) is 5.82 Å². The van der Waals surface area contributed by atoms with Gasteiger partial charge in [-0.05, 0) is 37.5 Å². The van der Waals surface area contributed by atoms with Gasteiger partial charge in [-0.2, -0.15) is 0 Å². The number of nitrogens with zero attached hydrogens (tertiary/aromatic N) is 2. The van der Waals surface area contributed by atoms with E-state index in [0.717, 1.165) is 40.6 Å². The Morgan fingerprint density at radius 3 is 2.78 bits per heavy atom. The van der Waals surface area contributed by atoms with Gasteiger partial charge in [-0.25, -0.2) is 9.97 Å². The quantitative estimate of drug-likeness (QED) is 0.701. The Labute approximate surface area is 123 Å². The van der Waals surface area contributed by atoms with Gasteiger partial charge in [0.25, 0.3) is 0 Å². The highest BCUT2D eigenvalue weighted by Gasteiger charge is 2.19. The van der Waals surface area contributed by atoms with Crippen LogP contribution in [0.3, 0.4) is 0 Å². The summed E-state index contributed by atoms with van der Waals surface area (Å²) in [6.45, 7) is 0. The number of benzene rings is 1. The molecule has 5 heteroatoms. The molecule has 1 aromatic carbocycles. The third kappa shape index (κ3) is 2.15. The topological polar surface area (TPSA) is 25.8 Å². The van der Waals surface area contributed by atoms with Gasteiger partial charge < -0.3 is 0 Å². The fourth-order valence-corrected chi connectivity index (χ4v) is 3.02. The zero-order valence-electron chi connectivity index (χ0n) is 9.38. The summed E-state index contributed by atoms with van der Waals surface area (Å²) in [6.07, 6.45) is 3.04. The zero-order chi connectivity index (χ0) is 12.7. The molecule has 0 spiro atoms. The van der Waals surface area contributed by atoms with Crippen LogP contribution < -0.4 is 0 Å². The minimum absolute atomic E-state index is 0.559. The normalized spacial score (nSPS) is 13.7. The minimum Gasteiger partial charge on any atom is -0.233 e. The summed E-state index contributed by atoms with van der Waals surface area (Å²) < 4.78 is 0.946. The molecule has 0 N–H and O–H groups in total. The Bertz CT molecular complexity index is 629. The molecule has 0 amide bonds. The Balaban J connectivity index is 2.18. The molecule has 0 unspecified atom stereocenters.